The summed E-state index contributed by atoms with van der Waals surface area (Å²) in [4.78, 5) is 7.31. The second-order valence-corrected chi connectivity index (χ2v) is 14.8. The lowest BCUT2D eigenvalue weighted by molar-refractivity contribution is 0.858. The van der Waals surface area contributed by atoms with Gasteiger partial charge in [-0.3, -0.25) is 4.57 Å². The third kappa shape index (κ3) is 5.96. The van der Waals surface area contributed by atoms with E-state index in [0.29, 0.717) is 11.4 Å². The normalized spacial score (nSPS) is 12.6. The summed E-state index contributed by atoms with van der Waals surface area (Å²) in [5.41, 5.74) is 12.8. The standard InChI is InChI=1S/C52H42N5/c1-36(2)39-30-31-53-51(32-39)57-47-25-11-10-22-45(47)46-29-28-42(34-50(46)57)56(41-21-14-20-40(33-41)55-35-54(3)48-26-12-13-27-49(48)55)52-43(37-16-6-4-7-17-37)23-15-24-44(52)38-18-8-5-9-19-38/h4-36H,1-3H3/q+1/i3D3. The molecule has 0 aliphatic carbocycles. The van der Waals surface area contributed by atoms with Gasteiger partial charge in [0, 0.05) is 69.1 Å². The molecular formula is C52H42N5+. The number of nitrogens with zero attached hydrogens (tertiary/aromatic N) is 5. The van der Waals surface area contributed by atoms with Crippen molar-refractivity contribution in [3.8, 4) is 33.8 Å². The zero-order valence-electron chi connectivity index (χ0n) is 34.8. The van der Waals surface area contributed by atoms with Crippen molar-refractivity contribution in [1.82, 2.24) is 18.7 Å². The maximum atomic E-state index is 8.36. The third-order valence-electron chi connectivity index (χ3n) is 11.0. The van der Waals surface area contributed by atoms with Crippen LogP contribution >= 0.6 is 0 Å². The van der Waals surface area contributed by atoms with Gasteiger partial charge in [0.1, 0.15) is 11.5 Å². The smallest absolute Gasteiger partial charge is 0.191 e. The Morgan fingerprint density at radius 2 is 1.19 bits per heavy atom. The van der Waals surface area contributed by atoms with Gasteiger partial charge in [0.2, 0.25) is 0 Å². The number of anilines is 3. The van der Waals surface area contributed by atoms with Gasteiger partial charge >= 0.3 is 0 Å². The van der Waals surface area contributed by atoms with E-state index in [1.807, 2.05) is 53.2 Å². The first-order valence-electron chi connectivity index (χ1n) is 20.9. The first-order valence-corrected chi connectivity index (χ1v) is 19.4. The minimum Gasteiger partial charge on any atom is -0.308 e. The van der Waals surface area contributed by atoms with E-state index in [2.05, 4.69) is 163 Å². The summed E-state index contributed by atoms with van der Waals surface area (Å²) in [6.45, 7) is 2.07. The van der Waals surface area contributed by atoms with Crippen molar-refractivity contribution in [1.29, 1.82) is 0 Å². The third-order valence-corrected chi connectivity index (χ3v) is 11.0. The fourth-order valence-electron chi connectivity index (χ4n) is 8.25. The van der Waals surface area contributed by atoms with Gasteiger partial charge in [0.05, 0.1) is 22.4 Å². The van der Waals surface area contributed by atoms with Crippen molar-refractivity contribution in [2.45, 2.75) is 19.8 Å². The SMILES string of the molecule is [2H]C([2H])([2H])n1[cH+]n(-c2cccc(N(c3ccc4c5ccccc5n(-c5cc(C(C)C)ccn5)c4c3)c3c(-c4ccccc4)cccc3-c3ccccc3)c2)c2ccccc21. The van der Waals surface area contributed by atoms with Gasteiger partial charge in [0.15, 0.2) is 17.4 Å². The Kier molecular flexibility index (Phi) is 7.68. The van der Waals surface area contributed by atoms with E-state index >= 15 is 0 Å². The van der Waals surface area contributed by atoms with Gasteiger partial charge in [0.25, 0.3) is 0 Å². The molecule has 0 N–H and O–H groups in total. The maximum absolute atomic E-state index is 8.36. The highest BCUT2D eigenvalue weighted by Gasteiger charge is 2.25. The van der Waals surface area contributed by atoms with Crippen LogP contribution in [0.25, 0.3) is 66.6 Å². The molecule has 7 aromatic carbocycles. The fourth-order valence-corrected chi connectivity index (χ4v) is 8.25. The molecule has 3 aromatic heterocycles. The highest BCUT2D eigenvalue weighted by atomic mass is 15.2. The van der Waals surface area contributed by atoms with Crippen LogP contribution in [0.15, 0.2) is 195 Å². The number of aromatic nitrogens is 4. The molecule has 0 saturated heterocycles. The minimum absolute atomic E-state index is 0.343. The molecule has 5 heteroatoms. The first-order chi connectivity index (χ1) is 29.2. The van der Waals surface area contributed by atoms with E-state index in [9.17, 15) is 0 Å². The van der Waals surface area contributed by atoms with Crippen molar-refractivity contribution < 1.29 is 4.11 Å². The lowest BCUT2D eigenvalue weighted by Crippen LogP contribution is -2.13. The van der Waals surface area contributed by atoms with Gasteiger partial charge in [-0.1, -0.05) is 117 Å². The average molecular weight is 740 g/mol. The summed E-state index contributed by atoms with van der Waals surface area (Å²) in [5.74, 6) is 1.21. The van der Waals surface area contributed by atoms with Gasteiger partial charge in [-0.2, -0.15) is 4.57 Å². The number of pyridine rings is 1. The largest absolute Gasteiger partial charge is 0.308 e. The zero-order chi connectivity index (χ0) is 41.0. The van der Waals surface area contributed by atoms with Crippen molar-refractivity contribution in [2.75, 3.05) is 4.90 Å². The van der Waals surface area contributed by atoms with Crippen LogP contribution in [0.2, 0.25) is 0 Å². The van der Waals surface area contributed by atoms with Crippen LogP contribution in [-0.2, 0) is 6.98 Å². The second kappa shape index (κ2) is 14.1. The van der Waals surface area contributed by atoms with Crippen LogP contribution in [0.4, 0.5) is 17.1 Å². The second-order valence-electron chi connectivity index (χ2n) is 14.8. The van der Waals surface area contributed by atoms with E-state index in [1.54, 1.807) is 6.33 Å². The Labute approximate surface area is 337 Å². The quantitative estimate of drug-likeness (QED) is 0.145. The molecule has 0 amide bonds. The molecule has 0 atom stereocenters. The molecule has 274 valence electrons. The number of fused-ring (bicyclic) bond motifs is 4. The molecule has 0 aliphatic heterocycles. The number of hydrogen-bond donors (Lipinski definition) is 0. The molecule has 0 saturated carbocycles. The van der Waals surface area contributed by atoms with Crippen LogP contribution in [0.5, 0.6) is 0 Å². The molecule has 10 rings (SSSR count). The van der Waals surface area contributed by atoms with Crippen LogP contribution in [0.3, 0.4) is 0 Å². The highest BCUT2D eigenvalue weighted by Crippen LogP contribution is 2.48. The van der Waals surface area contributed by atoms with Crippen molar-refractivity contribution >= 4 is 49.9 Å². The van der Waals surface area contributed by atoms with Crippen LogP contribution in [-0.4, -0.2) is 18.7 Å². The fraction of sp³-hybridized carbons (Fsp3) is 0.0769. The van der Waals surface area contributed by atoms with Crippen LogP contribution in [0.1, 0.15) is 29.4 Å². The van der Waals surface area contributed by atoms with Gasteiger partial charge in [-0.15, -0.1) is 0 Å². The lowest BCUT2D eigenvalue weighted by Gasteiger charge is -2.30. The molecule has 0 fully saturated rings. The van der Waals surface area contributed by atoms with Crippen molar-refractivity contribution in [3.63, 3.8) is 0 Å². The first kappa shape index (κ1) is 31.0. The van der Waals surface area contributed by atoms with Crippen LogP contribution < -0.4 is 4.90 Å². The average Bonchev–Trinajstić information content (AvgIpc) is 3.84. The number of imidazole rings is 1. The van der Waals surface area contributed by atoms with Crippen LogP contribution in [0, 0.1) is 0 Å². The Balaban J connectivity index is 1.29. The van der Waals surface area contributed by atoms with Gasteiger partial charge in [-0.25, -0.2) is 9.55 Å². The maximum Gasteiger partial charge on any atom is 0.191 e. The molecule has 0 radical (unpaired) electrons. The summed E-state index contributed by atoms with van der Waals surface area (Å²) >= 11 is 0. The molecule has 10 aromatic rings. The molecule has 3 heterocycles. The molecule has 0 aliphatic rings. The molecular weight excluding hydrogens is 695 g/mol. The van der Waals surface area contributed by atoms with E-state index in [1.165, 1.54) is 10.1 Å². The number of benzene rings is 7. The summed E-state index contributed by atoms with van der Waals surface area (Å²) < 4.78 is 30.7. The summed E-state index contributed by atoms with van der Waals surface area (Å²) in [6, 6.07) is 63.2. The van der Waals surface area contributed by atoms with E-state index in [-0.39, 0.29) is 0 Å². The van der Waals surface area contributed by atoms with Crippen molar-refractivity contribution in [3.05, 3.63) is 200 Å². The Bertz CT molecular complexity index is 3120. The molecule has 5 nitrogen and oxygen atoms in total. The highest BCUT2D eigenvalue weighted by molar-refractivity contribution is 6.11. The van der Waals surface area contributed by atoms with Gasteiger partial charge < -0.3 is 4.90 Å². The number of hydrogen-bond acceptors (Lipinski definition) is 2. The zero-order valence-corrected chi connectivity index (χ0v) is 31.8. The predicted octanol–water partition coefficient (Wildman–Crippen LogP) is 13.7. The summed E-state index contributed by atoms with van der Waals surface area (Å²) in [7, 11) is 0. The number of aryl methyl sites for hydroxylation is 1. The van der Waals surface area contributed by atoms with E-state index < -0.39 is 6.98 Å². The monoisotopic (exact) mass is 739 g/mol. The van der Waals surface area contributed by atoms with E-state index in [0.717, 1.165) is 78.1 Å². The molecule has 0 bridgehead atoms. The summed E-state index contributed by atoms with van der Waals surface area (Å²) in [5, 5.41) is 2.29. The lowest BCUT2D eigenvalue weighted by atomic mass is 9.94. The number of para-hydroxylation sites is 4. The Hall–Kier alpha value is -7.24. The van der Waals surface area contributed by atoms with E-state index in [4.69, 9.17) is 9.10 Å². The topological polar surface area (TPSA) is 30.9 Å². The molecule has 0 spiro atoms. The minimum atomic E-state index is -2.36. The predicted molar refractivity (Wildman–Crippen MR) is 238 cm³/mol. The summed E-state index contributed by atoms with van der Waals surface area (Å²) in [6.07, 6.45) is 3.60. The van der Waals surface area contributed by atoms with Gasteiger partial charge in [-0.05, 0) is 77.2 Å². The molecule has 57 heavy (non-hydrogen) atoms. The van der Waals surface area contributed by atoms with Crippen molar-refractivity contribution in [2.24, 2.45) is 6.98 Å². The Morgan fingerprint density at radius 1 is 0.561 bits per heavy atom. The Morgan fingerprint density at radius 3 is 1.91 bits per heavy atom. The molecule has 0 unspecified atom stereocenters. The number of rotatable bonds is 8.